The van der Waals surface area contributed by atoms with E-state index < -0.39 is 0 Å². The summed E-state index contributed by atoms with van der Waals surface area (Å²) in [5.74, 6) is 1.25. The van der Waals surface area contributed by atoms with Gasteiger partial charge in [0.1, 0.15) is 5.82 Å². The minimum absolute atomic E-state index is 0.292. The Kier molecular flexibility index (Phi) is 3.73. The Bertz CT molecular complexity index is 685. The molecule has 1 aromatic carbocycles. The summed E-state index contributed by atoms with van der Waals surface area (Å²) in [6.07, 6.45) is 1.74. The number of rotatable bonds is 4. The molecule has 20 heavy (non-hydrogen) atoms. The molecule has 0 N–H and O–H groups in total. The van der Waals surface area contributed by atoms with Gasteiger partial charge in [0.2, 0.25) is 0 Å². The molecule has 0 saturated carbocycles. The quantitative estimate of drug-likeness (QED) is 0.687. The van der Waals surface area contributed by atoms with Crippen molar-refractivity contribution in [1.29, 1.82) is 0 Å². The van der Waals surface area contributed by atoms with E-state index in [4.69, 9.17) is 4.52 Å². The van der Waals surface area contributed by atoms with Gasteiger partial charge < -0.3 is 4.52 Å². The van der Waals surface area contributed by atoms with Crippen LogP contribution in [-0.2, 0) is 5.75 Å². The largest absolute Gasteiger partial charge is 0.334 e. The van der Waals surface area contributed by atoms with Crippen molar-refractivity contribution in [2.75, 3.05) is 0 Å². The SMILES string of the molecule is Fc1ccc(-c2nc(CSc3ccccn3)no2)cc1. The van der Waals surface area contributed by atoms with Gasteiger partial charge in [-0.25, -0.2) is 9.37 Å². The molecule has 0 unspecified atom stereocenters. The highest BCUT2D eigenvalue weighted by Gasteiger charge is 2.09. The minimum atomic E-state index is -0.292. The fourth-order valence-electron chi connectivity index (χ4n) is 1.59. The molecule has 0 fully saturated rings. The maximum atomic E-state index is 12.8. The van der Waals surface area contributed by atoms with Crippen LogP contribution in [0.2, 0.25) is 0 Å². The minimum Gasteiger partial charge on any atom is -0.334 e. The van der Waals surface area contributed by atoms with E-state index in [1.54, 1.807) is 18.3 Å². The molecule has 100 valence electrons. The van der Waals surface area contributed by atoms with Crippen molar-refractivity contribution in [1.82, 2.24) is 15.1 Å². The third kappa shape index (κ3) is 3.03. The van der Waals surface area contributed by atoms with Crippen molar-refractivity contribution in [3.63, 3.8) is 0 Å². The molecule has 3 rings (SSSR count). The number of thioether (sulfide) groups is 1. The fourth-order valence-corrected chi connectivity index (χ4v) is 2.30. The molecule has 0 radical (unpaired) electrons. The highest BCUT2D eigenvalue weighted by Crippen LogP contribution is 2.22. The number of nitrogens with zero attached hydrogens (tertiary/aromatic N) is 3. The Labute approximate surface area is 119 Å². The first kappa shape index (κ1) is 12.8. The van der Waals surface area contributed by atoms with E-state index in [0.717, 1.165) is 5.03 Å². The van der Waals surface area contributed by atoms with Crippen molar-refractivity contribution >= 4 is 11.8 Å². The van der Waals surface area contributed by atoms with Gasteiger partial charge in [-0.2, -0.15) is 4.98 Å². The highest BCUT2D eigenvalue weighted by molar-refractivity contribution is 7.98. The molecule has 3 aromatic rings. The van der Waals surface area contributed by atoms with E-state index in [1.807, 2.05) is 18.2 Å². The molecule has 0 aliphatic heterocycles. The van der Waals surface area contributed by atoms with E-state index in [1.165, 1.54) is 23.9 Å². The fraction of sp³-hybridized carbons (Fsp3) is 0.0714. The van der Waals surface area contributed by atoms with Gasteiger partial charge in [0.15, 0.2) is 5.82 Å². The van der Waals surface area contributed by atoms with Crippen LogP contribution in [0.3, 0.4) is 0 Å². The van der Waals surface area contributed by atoms with E-state index >= 15 is 0 Å². The van der Waals surface area contributed by atoms with Crippen LogP contribution in [0, 0.1) is 5.82 Å². The normalized spacial score (nSPS) is 10.7. The van der Waals surface area contributed by atoms with Gasteiger partial charge in [0.05, 0.1) is 10.8 Å². The van der Waals surface area contributed by atoms with Gasteiger partial charge >= 0.3 is 0 Å². The van der Waals surface area contributed by atoms with Gasteiger partial charge in [0.25, 0.3) is 5.89 Å². The van der Waals surface area contributed by atoms with E-state index in [0.29, 0.717) is 23.0 Å². The average Bonchev–Trinajstić information content (AvgIpc) is 2.96. The van der Waals surface area contributed by atoms with E-state index in [2.05, 4.69) is 15.1 Å². The van der Waals surface area contributed by atoms with E-state index in [9.17, 15) is 4.39 Å². The molecule has 0 amide bonds. The zero-order valence-electron chi connectivity index (χ0n) is 10.4. The summed E-state index contributed by atoms with van der Waals surface area (Å²) in [6.45, 7) is 0. The number of hydrogen-bond acceptors (Lipinski definition) is 5. The topological polar surface area (TPSA) is 51.8 Å². The number of aromatic nitrogens is 3. The molecule has 0 aliphatic rings. The third-order valence-electron chi connectivity index (χ3n) is 2.55. The van der Waals surface area contributed by atoms with Gasteiger partial charge in [-0.3, -0.25) is 0 Å². The molecule has 0 bridgehead atoms. The van der Waals surface area contributed by atoms with Gasteiger partial charge in [-0.05, 0) is 36.4 Å². The molecular weight excluding hydrogens is 277 g/mol. The molecule has 0 saturated heterocycles. The lowest BCUT2D eigenvalue weighted by Gasteiger charge is -1.95. The maximum Gasteiger partial charge on any atom is 0.257 e. The van der Waals surface area contributed by atoms with Crippen LogP contribution in [0.25, 0.3) is 11.5 Å². The summed E-state index contributed by atoms with van der Waals surface area (Å²) in [5.41, 5.74) is 0.702. The van der Waals surface area contributed by atoms with Gasteiger partial charge in [-0.15, -0.1) is 0 Å². The van der Waals surface area contributed by atoms with Gasteiger partial charge in [0, 0.05) is 11.8 Å². The van der Waals surface area contributed by atoms with Crippen molar-refractivity contribution in [2.24, 2.45) is 0 Å². The molecule has 0 atom stereocenters. The first-order valence-electron chi connectivity index (χ1n) is 5.93. The summed E-state index contributed by atoms with van der Waals surface area (Å²) in [5, 5.41) is 4.80. The molecule has 0 aliphatic carbocycles. The predicted molar refractivity (Wildman–Crippen MR) is 73.5 cm³/mol. The average molecular weight is 287 g/mol. The lowest BCUT2D eigenvalue weighted by molar-refractivity contribution is 0.425. The van der Waals surface area contributed by atoms with Crippen LogP contribution in [-0.4, -0.2) is 15.1 Å². The standard InChI is InChI=1S/C14H10FN3OS/c15-11-6-4-10(5-7-11)14-17-12(18-19-14)9-20-13-3-1-2-8-16-13/h1-8H,9H2. The summed E-state index contributed by atoms with van der Waals surface area (Å²) in [6, 6.07) is 11.7. The second-order valence-electron chi connectivity index (χ2n) is 3.98. The van der Waals surface area contributed by atoms with Crippen LogP contribution in [0.5, 0.6) is 0 Å². The lowest BCUT2D eigenvalue weighted by Crippen LogP contribution is -1.85. The number of benzene rings is 1. The maximum absolute atomic E-state index is 12.8. The number of pyridine rings is 1. The lowest BCUT2D eigenvalue weighted by atomic mass is 10.2. The summed E-state index contributed by atoms with van der Waals surface area (Å²) >= 11 is 1.53. The van der Waals surface area contributed by atoms with Crippen LogP contribution >= 0.6 is 11.8 Å². The Morgan fingerprint density at radius 1 is 1.10 bits per heavy atom. The molecule has 0 spiro atoms. The second kappa shape index (κ2) is 5.83. The molecule has 2 heterocycles. The zero-order chi connectivity index (χ0) is 13.8. The molecule has 4 nitrogen and oxygen atoms in total. The molecular formula is C14H10FN3OS. The van der Waals surface area contributed by atoms with Crippen LogP contribution < -0.4 is 0 Å². The highest BCUT2D eigenvalue weighted by atomic mass is 32.2. The summed E-state index contributed by atoms with van der Waals surface area (Å²) in [4.78, 5) is 8.48. The summed E-state index contributed by atoms with van der Waals surface area (Å²) < 4.78 is 18.0. The van der Waals surface area contributed by atoms with Crippen molar-refractivity contribution in [2.45, 2.75) is 10.8 Å². The zero-order valence-corrected chi connectivity index (χ0v) is 11.2. The Morgan fingerprint density at radius 2 is 1.95 bits per heavy atom. The first-order chi connectivity index (χ1) is 9.81. The molecule has 2 aromatic heterocycles. The van der Waals surface area contributed by atoms with Crippen molar-refractivity contribution in [3.05, 3.63) is 60.3 Å². The third-order valence-corrected chi connectivity index (χ3v) is 3.49. The summed E-state index contributed by atoms with van der Waals surface area (Å²) in [7, 11) is 0. The Morgan fingerprint density at radius 3 is 2.70 bits per heavy atom. The van der Waals surface area contributed by atoms with Gasteiger partial charge in [-0.1, -0.05) is 23.0 Å². The smallest absolute Gasteiger partial charge is 0.257 e. The number of halogens is 1. The number of hydrogen-bond donors (Lipinski definition) is 0. The Hall–Kier alpha value is -2.21. The second-order valence-corrected chi connectivity index (χ2v) is 4.97. The van der Waals surface area contributed by atoms with Crippen LogP contribution in [0.15, 0.2) is 58.2 Å². The van der Waals surface area contributed by atoms with Crippen molar-refractivity contribution in [3.8, 4) is 11.5 Å². The van der Waals surface area contributed by atoms with Crippen LogP contribution in [0.1, 0.15) is 5.82 Å². The monoisotopic (exact) mass is 287 g/mol. The Balaban J connectivity index is 1.69. The molecule has 6 heteroatoms. The van der Waals surface area contributed by atoms with Crippen LogP contribution in [0.4, 0.5) is 4.39 Å². The predicted octanol–water partition coefficient (Wildman–Crippen LogP) is 3.56. The van der Waals surface area contributed by atoms with Crippen molar-refractivity contribution < 1.29 is 8.91 Å². The van der Waals surface area contributed by atoms with E-state index in [-0.39, 0.29) is 5.82 Å². The first-order valence-corrected chi connectivity index (χ1v) is 6.92.